The summed E-state index contributed by atoms with van der Waals surface area (Å²) < 4.78 is 5.08. The van der Waals surface area contributed by atoms with E-state index in [2.05, 4.69) is 4.99 Å². The van der Waals surface area contributed by atoms with E-state index >= 15 is 0 Å². The minimum atomic E-state index is 0.539. The van der Waals surface area contributed by atoms with Crippen LogP contribution in [0.1, 0.15) is 5.56 Å². The van der Waals surface area contributed by atoms with Gasteiger partial charge in [0.05, 0.1) is 17.8 Å². The Morgan fingerprint density at radius 2 is 1.85 bits per heavy atom. The Balaban J connectivity index is 2.07. The number of aliphatic imine (C=N–C) groups is 1. The van der Waals surface area contributed by atoms with Crippen LogP contribution < -0.4 is 4.74 Å². The largest absolute Gasteiger partial charge is 0.495 e. The molecule has 2 rings (SSSR count). The van der Waals surface area contributed by atoms with Crippen molar-refractivity contribution in [2.75, 3.05) is 7.11 Å². The molecule has 0 unspecified atom stereocenters. The van der Waals surface area contributed by atoms with Gasteiger partial charge in [-0.3, -0.25) is 4.99 Å². The fourth-order valence-electron chi connectivity index (χ4n) is 1.62. The van der Waals surface area contributed by atoms with Gasteiger partial charge in [0.25, 0.3) is 0 Å². The van der Waals surface area contributed by atoms with Gasteiger partial charge in [0.1, 0.15) is 5.75 Å². The van der Waals surface area contributed by atoms with Gasteiger partial charge in [-0.05, 0) is 35.9 Å². The molecule has 0 spiro atoms. The van der Waals surface area contributed by atoms with Crippen molar-refractivity contribution in [3.05, 3.63) is 64.1 Å². The second kappa shape index (κ2) is 7.13. The van der Waals surface area contributed by atoms with Gasteiger partial charge in [-0.15, -0.1) is 0 Å². The van der Waals surface area contributed by atoms with Crippen LogP contribution in [0.3, 0.4) is 0 Å². The van der Waals surface area contributed by atoms with E-state index in [1.807, 2.05) is 42.5 Å². The standard InChI is InChI=1S/C16H13Cl2NO/c1-20-16-9-8-13(11-15(16)18)19-10-4-6-12-5-2-3-7-14(12)17/h2-11H,1H3/b6-4+,19-10?. The summed E-state index contributed by atoms with van der Waals surface area (Å²) in [4.78, 5) is 4.29. The Labute approximate surface area is 128 Å². The van der Waals surface area contributed by atoms with E-state index < -0.39 is 0 Å². The van der Waals surface area contributed by atoms with Crippen molar-refractivity contribution < 1.29 is 4.74 Å². The highest BCUT2D eigenvalue weighted by Crippen LogP contribution is 2.28. The summed E-state index contributed by atoms with van der Waals surface area (Å²) in [6.45, 7) is 0. The van der Waals surface area contributed by atoms with Crippen molar-refractivity contribution in [3.63, 3.8) is 0 Å². The second-order valence-electron chi connectivity index (χ2n) is 3.98. The van der Waals surface area contributed by atoms with Crippen LogP contribution in [0.25, 0.3) is 6.08 Å². The number of halogens is 2. The first-order chi connectivity index (χ1) is 9.70. The number of hydrogen-bond acceptors (Lipinski definition) is 2. The first-order valence-corrected chi connectivity index (χ1v) is 6.75. The van der Waals surface area contributed by atoms with Crippen LogP contribution in [-0.4, -0.2) is 13.3 Å². The van der Waals surface area contributed by atoms with Crippen molar-refractivity contribution >= 4 is 41.2 Å². The maximum atomic E-state index is 6.05. The Morgan fingerprint density at radius 1 is 1.05 bits per heavy atom. The fourth-order valence-corrected chi connectivity index (χ4v) is 2.07. The fraction of sp³-hybridized carbons (Fsp3) is 0.0625. The minimum Gasteiger partial charge on any atom is -0.495 e. The van der Waals surface area contributed by atoms with E-state index in [4.69, 9.17) is 27.9 Å². The highest BCUT2D eigenvalue weighted by molar-refractivity contribution is 6.32. The maximum absolute atomic E-state index is 6.05. The molecule has 0 atom stereocenters. The number of nitrogens with zero attached hydrogens (tertiary/aromatic N) is 1. The van der Waals surface area contributed by atoms with Crippen molar-refractivity contribution in [3.8, 4) is 5.75 Å². The van der Waals surface area contributed by atoms with E-state index in [-0.39, 0.29) is 0 Å². The molecule has 0 aromatic heterocycles. The van der Waals surface area contributed by atoms with Gasteiger partial charge >= 0.3 is 0 Å². The SMILES string of the molecule is COc1ccc(N=C/C=C/c2ccccc2Cl)cc1Cl. The number of hydrogen-bond donors (Lipinski definition) is 0. The molecule has 0 aliphatic rings. The molecule has 0 radical (unpaired) electrons. The first-order valence-electron chi connectivity index (χ1n) is 5.99. The Bertz CT molecular complexity index is 651. The number of benzene rings is 2. The Kier molecular flexibility index (Phi) is 5.22. The molecule has 2 aromatic rings. The van der Waals surface area contributed by atoms with Gasteiger partial charge in [0, 0.05) is 11.2 Å². The quantitative estimate of drug-likeness (QED) is 0.691. The third-order valence-corrected chi connectivity index (χ3v) is 3.27. The average Bonchev–Trinajstić information content (AvgIpc) is 2.45. The predicted molar refractivity (Wildman–Crippen MR) is 86.6 cm³/mol. The molecule has 0 heterocycles. The molecule has 2 nitrogen and oxygen atoms in total. The summed E-state index contributed by atoms with van der Waals surface area (Å²) in [6, 6.07) is 13.0. The lowest BCUT2D eigenvalue weighted by Crippen LogP contribution is -1.82. The number of rotatable bonds is 4. The topological polar surface area (TPSA) is 21.6 Å². The molecule has 0 fully saturated rings. The Hall–Kier alpha value is -1.77. The maximum Gasteiger partial charge on any atom is 0.137 e. The summed E-state index contributed by atoms with van der Waals surface area (Å²) in [5.41, 5.74) is 1.72. The van der Waals surface area contributed by atoms with Crippen LogP contribution in [0, 0.1) is 0 Å². The lowest BCUT2D eigenvalue weighted by atomic mass is 10.2. The third-order valence-electron chi connectivity index (χ3n) is 2.63. The van der Waals surface area contributed by atoms with Gasteiger partial charge < -0.3 is 4.74 Å². The molecule has 0 N–H and O–H groups in total. The third kappa shape index (κ3) is 3.86. The summed E-state index contributed by atoms with van der Waals surface area (Å²) in [5, 5.41) is 1.25. The number of methoxy groups -OCH3 is 1. The zero-order chi connectivity index (χ0) is 14.4. The molecular weight excluding hydrogens is 293 g/mol. The molecule has 0 amide bonds. The highest BCUT2D eigenvalue weighted by Gasteiger charge is 1.99. The van der Waals surface area contributed by atoms with E-state index in [1.54, 1.807) is 25.5 Å². The van der Waals surface area contributed by atoms with Gasteiger partial charge in [-0.25, -0.2) is 0 Å². The van der Waals surface area contributed by atoms with Gasteiger partial charge in [0.15, 0.2) is 0 Å². The average molecular weight is 306 g/mol. The molecular formula is C16H13Cl2NO. The van der Waals surface area contributed by atoms with Crippen LogP contribution in [0.5, 0.6) is 5.75 Å². The second-order valence-corrected chi connectivity index (χ2v) is 4.79. The summed E-state index contributed by atoms with van der Waals surface area (Å²) in [6.07, 6.45) is 5.43. The number of ether oxygens (including phenoxy) is 1. The van der Waals surface area contributed by atoms with E-state index in [0.717, 1.165) is 11.3 Å². The monoisotopic (exact) mass is 305 g/mol. The molecule has 20 heavy (non-hydrogen) atoms. The van der Waals surface area contributed by atoms with Gasteiger partial charge in [-0.1, -0.05) is 47.5 Å². The first kappa shape index (κ1) is 14.6. The van der Waals surface area contributed by atoms with E-state index in [0.29, 0.717) is 15.8 Å². The van der Waals surface area contributed by atoms with Crippen molar-refractivity contribution in [2.24, 2.45) is 4.99 Å². The molecule has 102 valence electrons. The normalized spacial score (nSPS) is 11.3. The highest BCUT2D eigenvalue weighted by atomic mass is 35.5. The van der Waals surface area contributed by atoms with E-state index in [9.17, 15) is 0 Å². The predicted octanol–water partition coefficient (Wildman–Crippen LogP) is 5.42. The molecule has 0 saturated carbocycles. The molecule has 0 aliphatic carbocycles. The van der Waals surface area contributed by atoms with Crippen molar-refractivity contribution in [2.45, 2.75) is 0 Å². The van der Waals surface area contributed by atoms with Gasteiger partial charge in [-0.2, -0.15) is 0 Å². The van der Waals surface area contributed by atoms with Crippen molar-refractivity contribution in [1.29, 1.82) is 0 Å². The lowest BCUT2D eigenvalue weighted by Gasteiger charge is -2.02. The molecule has 4 heteroatoms. The lowest BCUT2D eigenvalue weighted by molar-refractivity contribution is 0.415. The van der Waals surface area contributed by atoms with E-state index in [1.165, 1.54) is 0 Å². The number of allylic oxidation sites excluding steroid dienone is 1. The van der Waals surface area contributed by atoms with Crippen LogP contribution in [0.2, 0.25) is 10.0 Å². The van der Waals surface area contributed by atoms with Gasteiger partial charge in [0.2, 0.25) is 0 Å². The molecule has 0 saturated heterocycles. The molecule has 2 aromatic carbocycles. The van der Waals surface area contributed by atoms with Crippen LogP contribution in [-0.2, 0) is 0 Å². The smallest absolute Gasteiger partial charge is 0.137 e. The Morgan fingerprint density at radius 3 is 2.55 bits per heavy atom. The van der Waals surface area contributed by atoms with Crippen molar-refractivity contribution in [1.82, 2.24) is 0 Å². The summed E-state index contributed by atoms with van der Waals surface area (Å²) in [7, 11) is 1.58. The summed E-state index contributed by atoms with van der Waals surface area (Å²) in [5.74, 6) is 0.636. The molecule has 0 aliphatic heterocycles. The van der Waals surface area contributed by atoms with Crippen LogP contribution in [0.4, 0.5) is 5.69 Å². The minimum absolute atomic E-state index is 0.539. The zero-order valence-electron chi connectivity index (χ0n) is 10.9. The van der Waals surface area contributed by atoms with Crippen LogP contribution in [0.15, 0.2) is 53.5 Å². The summed E-state index contributed by atoms with van der Waals surface area (Å²) >= 11 is 12.1. The molecule has 0 bridgehead atoms. The van der Waals surface area contributed by atoms with Crippen LogP contribution >= 0.6 is 23.2 Å². The zero-order valence-corrected chi connectivity index (χ0v) is 12.4.